The zero-order valence-corrected chi connectivity index (χ0v) is 14.2. The fourth-order valence-corrected chi connectivity index (χ4v) is 3.42. The normalized spacial score (nSPS) is 12.7. The number of hydrogen-bond donors (Lipinski definition) is 1. The van der Waals surface area contributed by atoms with E-state index in [9.17, 15) is 0 Å². The first kappa shape index (κ1) is 14.6. The Kier molecular flexibility index (Phi) is 4.33. The molecule has 1 N–H and O–H groups in total. The Morgan fingerprint density at radius 1 is 1.24 bits per heavy atom. The van der Waals surface area contributed by atoms with E-state index in [1.807, 2.05) is 31.3 Å². The van der Waals surface area contributed by atoms with Crippen LogP contribution in [0.1, 0.15) is 18.5 Å². The van der Waals surface area contributed by atoms with E-state index in [4.69, 9.17) is 4.42 Å². The molecule has 1 unspecified atom stereocenters. The third-order valence-corrected chi connectivity index (χ3v) is 5.20. The molecule has 0 aliphatic carbocycles. The quantitative estimate of drug-likeness (QED) is 0.706. The van der Waals surface area contributed by atoms with Gasteiger partial charge in [0.1, 0.15) is 5.52 Å². The van der Waals surface area contributed by atoms with Crippen molar-refractivity contribution in [1.29, 1.82) is 0 Å². The van der Waals surface area contributed by atoms with Crippen molar-refractivity contribution in [2.24, 2.45) is 0 Å². The molecule has 1 atom stereocenters. The first-order chi connectivity index (χ1) is 10.2. The molecule has 0 amide bonds. The van der Waals surface area contributed by atoms with Gasteiger partial charge in [0.2, 0.25) is 0 Å². The molecule has 2 aromatic carbocycles. The lowest BCUT2D eigenvalue weighted by Gasteiger charge is -2.12. The van der Waals surface area contributed by atoms with Crippen LogP contribution in [0, 0.1) is 0 Å². The molecule has 1 heterocycles. The van der Waals surface area contributed by atoms with Crippen molar-refractivity contribution in [1.82, 2.24) is 10.3 Å². The van der Waals surface area contributed by atoms with E-state index < -0.39 is 0 Å². The summed E-state index contributed by atoms with van der Waals surface area (Å²) in [6.07, 6.45) is 0. The van der Waals surface area contributed by atoms with Crippen molar-refractivity contribution in [2.75, 3.05) is 7.05 Å². The van der Waals surface area contributed by atoms with Crippen LogP contribution in [0.3, 0.4) is 0 Å². The number of fused-ring (bicyclic) bond motifs is 1. The average Bonchev–Trinajstić information content (AvgIpc) is 2.90. The van der Waals surface area contributed by atoms with Gasteiger partial charge in [0.05, 0.1) is 0 Å². The predicted molar refractivity (Wildman–Crippen MR) is 89.7 cm³/mol. The van der Waals surface area contributed by atoms with E-state index in [2.05, 4.69) is 51.4 Å². The Morgan fingerprint density at radius 2 is 2.05 bits per heavy atom. The van der Waals surface area contributed by atoms with Gasteiger partial charge in [-0.1, -0.05) is 18.2 Å². The Bertz CT molecular complexity index is 739. The molecule has 0 bridgehead atoms. The third kappa shape index (κ3) is 3.15. The molecule has 108 valence electrons. The summed E-state index contributed by atoms with van der Waals surface area (Å²) in [5.74, 6) is 0. The standard InChI is InChI=1S/C16H15BrN2OS/c1-10(18-2)11-7-8-15(12(17)9-11)21-16-19-13-5-3-4-6-14(13)20-16/h3-10,18H,1-2H3. The maximum atomic E-state index is 5.74. The van der Waals surface area contributed by atoms with Crippen LogP contribution in [0.25, 0.3) is 11.1 Å². The molecule has 3 rings (SSSR count). The highest BCUT2D eigenvalue weighted by molar-refractivity contribution is 9.10. The molecular weight excluding hydrogens is 348 g/mol. The highest BCUT2D eigenvalue weighted by Crippen LogP contribution is 2.35. The Morgan fingerprint density at radius 3 is 2.76 bits per heavy atom. The maximum Gasteiger partial charge on any atom is 0.261 e. The van der Waals surface area contributed by atoms with Gasteiger partial charge in [0.15, 0.2) is 5.58 Å². The molecule has 21 heavy (non-hydrogen) atoms. The summed E-state index contributed by atoms with van der Waals surface area (Å²) in [6.45, 7) is 2.13. The molecular formula is C16H15BrN2OS. The van der Waals surface area contributed by atoms with E-state index in [-0.39, 0.29) is 0 Å². The summed E-state index contributed by atoms with van der Waals surface area (Å²) in [6, 6.07) is 14.5. The van der Waals surface area contributed by atoms with Crippen LogP contribution in [0.4, 0.5) is 0 Å². The zero-order chi connectivity index (χ0) is 14.8. The first-order valence-electron chi connectivity index (χ1n) is 6.67. The molecule has 0 aliphatic heterocycles. The van der Waals surface area contributed by atoms with Gasteiger partial charge in [-0.2, -0.15) is 0 Å². The average molecular weight is 363 g/mol. The number of para-hydroxylation sites is 2. The summed E-state index contributed by atoms with van der Waals surface area (Å²) < 4.78 is 6.79. The van der Waals surface area contributed by atoms with Gasteiger partial charge >= 0.3 is 0 Å². The molecule has 0 fully saturated rings. The van der Waals surface area contributed by atoms with Gasteiger partial charge in [-0.15, -0.1) is 0 Å². The van der Waals surface area contributed by atoms with Crippen LogP contribution in [0.15, 0.2) is 61.5 Å². The van der Waals surface area contributed by atoms with Crippen LogP contribution >= 0.6 is 27.7 Å². The molecule has 0 spiro atoms. The topological polar surface area (TPSA) is 38.1 Å². The van der Waals surface area contributed by atoms with Crippen LogP contribution in [0.2, 0.25) is 0 Å². The Hall–Kier alpha value is -1.30. The van der Waals surface area contributed by atoms with E-state index in [0.29, 0.717) is 11.3 Å². The lowest BCUT2D eigenvalue weighted by atomic mass is 10.1. The second-order valence-corrected chi connectivity index (χ2v) is 6.60. The second-order valence-electron chi connectivity index (χ2n) is 4.75. The Balaban J connectivity index is 1.87. The molecule has 3 nitrogen and oxygen atoms in total. The van der Waals surface area contributed by atoms with E-state index in [1.54, 1.807) is 0 Å². The number of benzene rings is 2. The first-order valence-corrected chi connectivity index (χ1v) is 8.28. The van der Waals surface area contributed by atoms with E-state index >= 15 is 0 Å². The molecule has 0 aliphatic rings. The number of nitrogens with zero attached hydrogens (tertiary/aromatic N) is 1. The second kappa shape index (κ2) is 6.22. The van der Waals surface area contributed by atoms with Crippen LogP contribution < -0.4 is 5.32 Å². The lowest BCUT2D eigenvalue weighted by molar-refractivity contribution is 0.489. The summed E-state index contributed by atoms with van der Waals surface area (Å²) in [5, 5.41) is 3.90. The van der Waals surface area contributed by atoms with Crippen molar-refractivity contribution < 1.29 is 4.42 Å². The molecule has 5 heteroatoms. The summed E-state index contributed by atoms with van der Waals surface area (Å²) in [7, 11) is 1.96. The van der Waals surface area contributed by atoms with Gasteiger partial charge in [-0.25, -0.2) is 4.98 Å². The fourth-order valence-electron chi connectivity index (χ4n) is 2.02. The van der Waals surface area contributed by atoms with Gasteiger partial charge < -0.3 is 9.73 Å². The molecule has 3 aromatic rings. The summed E-state index contributed by atoms with van der Waals surface area (Å²) in [4.78, 5) is 5.58. The Labute approximate surface area is 136 Å². The highest BCUT2D eigenvalue weighted by atomic mass is 79.9. The number of oxazole rings is 1. The number of hydrogen-bond acceptors (Lipinski definition) is 4. The smallest absolute Gasteiger partial charge is 0.261 e. The molecule has 0 radical (unpaired) electrons. The van der Waals surface area contributed by atoms with Crippen molar-refractivity contribution in [3.05, 3.63) is 52.5 Å². The highest BCUT2D eigenvalue weighted by Gasteiger charge is 2.11. The molecule has 0 saturated heterocycles. The van der Waals surface area contributed by atoms with Gasteiger partial charge in [-0.3, -0.25) is 0 Å². The number of aromatic nitrogens is 1. The maximum absolute atomic E-state index is 5.74. The van der Waals surface area contributed by atoms with Gasteiger partial charge in [-0.05, 0) is 71.5 Å². The molecule has 0 saturated carbocycles. The van der Waals surface area contributed by atoms with Gasteiger partial charge in [0.25, 0.3) is 5.22 Å². The minimum Gasteiger partial charge on any atom is -0.431 e. The largest absolute Gasteiger partial charge is 0.431 e. The van der Waals surface area contributed by atoms with E-state index in [1.165, 1.54) is 17.3 Å². The van der Waals surface area contributed by atoms with Crippen molar-refractivity contribution in [2.45, 2.75) is 23.1 Å². The summed E-state index contributed by atoms with van der Waals surface area (Å²) >= 11 is 5.15. The SMILES string of the molecule is CNC(C)c1ccc(Sc2nc3ccccc3o2)c(Br)c1. The van der Waals surface area contributed by atoms with Gasteiger partial charge in [0, 0.05) is 15.4 Å². The van der Waals surface area contributed by atoms with Crippen molar-refractivity contribution in [3.8, 4) is 0 Å². The van der Waals surface area contributed by atoms with Crippen molar-refractivity contribution in [3.63, 3.8) is 0 Å². The van der Waals surface area contributed by atoms with Crippen LogP contribution in [-0.2, 0) is 0 Å². The van der Waals surface area contributed by atoms with Crippen molar-refractivity contribution >= 4 is 38.8 Å². The predicted octanol–water partition coefficient (Wildman–Crippen LogP) is 5.02. The zero-order valence-electron chi connectivity index (χ0n) is 11.8. The van der Waals surface area contributed by atoms with E-state index in [0.717, 1.165) is 20.5 Å². The summed E-state index contributed by atoms with van der Waals surface area (Å²) in [5.41, 5.74) is 2.94. The number of nitrogens with one attached hydrogen (secondary N) is 1. The number of rotatable bonds is 4. The van der Waals surface area contributed by atoms with Crippen LogP contribution in [-0.4, -0.2) is 12.0 Å². The lowest BCUT2D eigenvalue weighted by Crippen LogP contribution is -2.12. The monoisotopic (exact) mass is 362 g/mol. The number of halogens is 1. The minimum absolute atomic E-state index is 0.324. The van der Waals surface area contributed by atoms with Crippen LogP contribution in [0.5, 0.6) is 0 Å². The fraction of sp³-hybridized carbons (Fsp3) is 0.188. The third-order valence-electron chi connectivity index (χ3n) is 3.36. The minimum atomic E-state index is 0.324. The molecule has 1 aromatic heterocycles.